The van der Waals surface area contributed by atoms with Crippen LogP contribution in [-0.2, 0) is 0 Å². The Bertz CT molecular complexity index is 199. The summed E-state index contributed by atoms with van der Waals surface area (Å²) in [6.07, 6.45) is 5.89. The topological polar surface area (TPSA) is 6.48 Å². The van der Waals surface area contributed by atoms with Gasteiger partial charge in [0.2, 0.25) is 0 Å². The molecule has 1 atom stereocenters. The van der Waals surface area contributed by atoms with Crippen molar-refractivity contribution in [1.82, 2.24) is 10.0 Å². The molecular weight excluding hydrogens is 196 g/mol. The Morgan fingerprint density at radius 1 is 1.25 bits per heavy atom. The van der Waals surface area contributed by atoms with Gasteiger partial charge in [-0.15, -0.1) is 0 Å². The van der Waals surface area contributed by atoms with Crippen molar-refractivity contribution >= 4 is 0 Å². The Kier molecular flexibility index (Phi) is 8.36. The zero-order valence-corrected chi connectivity index (χ0v) is 12.1. The van der Waals surface area contributed by atoms with Crippen molar-refractivity contribution in [2.75, 3.05) is 20.1 Å². The van der Waals surface area contributed by atoms with Gasteiger partial charge in [0.25, 0.3) is 0 Å². The molecule has 0 aliphatic rings. The number of allylic oxidation sites excluding steroid dienone is 1. The molecule has 0 aromatic rings. The van der Waals surface area contributed by atoms with Crippen LogP contribution in [0.1, 0.15) is 53.9 Å². The Hall–Kier alpha value is -0.500. The molecule has 0 saturated heterocycles. The van der Waals surface area contributed by atoms with Gasteiger partial charge in [-0.25, -0.2) is 5.01 Å². The van der Waals surface area contributed by atoms with E-state index in [-0.39, 0.29) is 0 Å². The van der Waals surface area contributed by atoms with E-state index in [0.29, 0.717) is 0 Å². The van der Waals surface area contributed by atoms with Crippen molar-refractivity contribution in [1.29, 1.82) is 0 Å². The summed E-state index contributed by atoms with van der Waals surface area (Å²) in [5, 5.41) is 4.72. The molecule has 0 spiro atoms. The van der Waals surface area contributed by atoms with Crippen LogP contribution >= 0.6 is 0 Å². The molecule has 0 fully saturated rings. The first-order chi connectivity index (χ1) is 7.54. The minimum atomic E-state index is 0.750. The maximum Gasteiger partial charge on any atom is 0.0365 e. The number of hydrogen-bond donors (Lipinski definition) is 0. The van der Waals surface area contributed by atoms with Crippen LogP contribution in [0, 0.1) is 5.92 Å². The van der Waals surface area contributed by atoms with Gasteiger partial charge in [0, 0.05) is 26.3 Å². The predicted molar refractivity (Wildman–Crippen MR) is 73.1 cm³/mol. The molecular formula is C14H30N2. The maximum absolute atomic E-state index is 2.39. The first kappa shape index (κ1) is 15.5. The van der Waals surface area contributed by atoms with E-state index in [9.17, 15) is 0 Å². The smallest absolute Gasteiger partial charge is 0.0365 e. The third-order valence-corrected chi connectivity index (χ3v) is 3.11. The molecule has 0 saturated carbocycles. The fourth-order valence-electron chi connectivity index (χ4n) is 1.54. The van der Waals surface area contributed by atoms with Crippen LogP contribution in [0.25, 0.3) is 0 Å². The molecule has 0 aromatic heterocycles. The second-order valence-electron chi connectivity index (χ2n) is 4.85. The average Bonchev–Trinajstić information content (AvgIpc) is 2.27. The van der Waals surface area contributed by atoms with Crippen molar-refractivity contribution in [3.63, 3.8) is 0 Å². The fourth-order valence-corrected chi connectivity index (χ4v) is 1.54. The predicted octanol–water partition coefficient (Wildman–Crippen LogP) is 3.91. The number of nitrogens with zero attached hydrogens (tertiary/aromatic N) is 2. The second-order valence-corrected chi connectivity index (χ2v) is 4.85. The molecule has 0 bridgehead atoms. The van der Waals surface area contributed by atoms with E-state index in [4.69, 9.17) is 0 Å². The van der Waals surface area contributed by atoms with Crippen LogP contribution < -0.4 is 0 Å². The molecule has 0 aromatic carbocycles. The SMILES string of the molecule is CCCN(C)N(/C=C(\C)CC)CC(C)CC. The lowest BCUT2D eigenvalue weighted by atomic mass is 10.1. The van der Waals surface area contributed by atoms with Crippen LogP contribution in [0.3, 0.4) is 0 Å². The summed E-state index contributed by atoms with van der Waals surface area (Å²) >= 11 is 0. The second kappa shape index (κ2) is 8.63. The first-order valence-corrected chi connectivity index (χ1v) is 6.70. The molecule has 0 heterocycles. The van der Waals surface area contributed by atoms with Gasteiger partial charge in [0.15, 0.2) is 0 Å². The third-order valence-electron chi connectivity index (χ3n) is 3.11. The van der Waals surface area contributed by atoms with Crippen LogP contribution in [0.4, 0.5) is 0 Å². The van der Waals surface area contributed by atoms with Gasteiger partial charge in [-0.05, 0) is 25.7 Å². The zero-order valence-electron chi connectivity index (χ0n) is 12.1. The lowest BCUT2D eigenvalue weighted by Crippen LogP contribution is -2.39. The number of hydrazine groups is 1. The number of rotatable bonds is 8. The van der Waals surface area contributed by atoms with Crippen LogP contribution in [0.2, 0.25) is 0 Å². The lowest BCUT2D eigenvalue weighted by molar-refractivity contribution is 0.0365. The van der Waals surface area contributed by atoms with E-state index in [1.165, 1.54) is 18.4 Å². The summed E-state index contributed by atoms with van der Waals surface area (Å²) in [6, 6.07) is 0. The average molecular weight is 226 g/mol. The van der Waals surface area contributed by atoms with Gasteiger partial charge >= 0.3 is 0 Å². The fraction of sp³-hybridized carbons (Fsp3) is 0.857. The van der Waals surface area contributed by atoms with Crippen LogP contribution in [0.15, 0.2) is 11.8 Å². The number of hydrogen-bond acceptors (Lipinski definition) is 2. The third kappa shape index (κ3) is 6.16. The summed E-state index contributed by atoms with van der Waals surface area (Å²) in [5.74, 6) is 0.750. The minimum Gasteiger partial charge on any atom is -0.313 e. The van der Waals surface area contributed by atoms with Gasteiger partial charge in [-0.3, -0.25) is 0 Å². The zero-order chi connectivity index (χ0) is 12.6. The van der Waals surface area contributed by atoms with Crippen LogP contribution in [-0.4, -0.2) is 30.2 Å². The molecule has 0 aliphatic heterocycles. The molecule has 96 valence electrons. The molecule has 0 N–H and O–H groups in total. The quantitative estimate of drug-likeness (QED) is 0.579. The summed E-state index contributed by atoms with van der Waals surface area (Å²) in [6.45, 7) is 13.5. The molecule has 2 heteroatoms. The lowest BCUT2D eigenvalue weighted by Gasteiger charge is -2.33. The summed E-state index contributed by atoms with van der Waals surface area (Å²) in [5.41, 5.74) is 1.45. The van der Waals surface area contributed by atoms with Crippen molar-refractivity contribution in [2.45, 2.75) is 53.9 Å². The Morgan fingerprint density at radius 2 is 1.88 bits per heavy atom. The van der Waals surface area contributed by atoms with E-state index in [1.807, 2.05) is 0 Å². The monoisotopic (exact) mass is 226 g/mol. The Balaban J connectivity index is 4.49. The van der Waals surface area contributed by atoms with Crippen LogP contribution in [0.5, 0.6) is 0 Å². The molecule has 0 amide bonds. The highest BCUT2D eigenvalue weighted by Crippen LogP contribution is 2.10. The van der Waals surface area contributed by atoms with E-state index in [0.717, 1.165) is 25.4 Å². The van der Waals surface area contributed by atoms with Gasteiger partial charge in [0.1, 0.15) is 0 Å². The summed E-state index contributed by atoms with van der Waals surface area (Å²) in [7, 11) is 2.19. The van der Waals surface area contributed by atoms with Crippen molar-refractivity contribution in [3.05, 3.63) is 11.8 Å². The van der Waals surface area contributed by atoms with E-state index < -0.39 is 0 Å². The van der Waals surface area contributed by atoms with E-state index in [1.54, 1.807) is 0 Å². The molecule has 0 rings (SSSR count). The highest BCUT2D eigenvalue weighted by molar-refractivity contribution is 4.95. The van der Waals surface area contributed by atoms with Gasteiger partial charge < -0.3 is 5.01 Å². The molecule has 2 nitrogen and oxygen atoms in total. The van der Waals surface area contributed by atoms with E-state index in [2.05, 4.69) is 57.9 Å². The standard InChI is InChI=1S/C14H30N2/c1-7-10-15(6)16(11-13(4)8-2)12-14(5)9-3/h11,14H,7-10,12H2,1-6H3/b13-11+. The Morgan fingerprint density at radius 3 is 2.31 bits per heavy atom. The maximum atomic E-state index is 2.39. The largest absolute Gasteiger partial charge is 0.313 e. The highest BCUT2D eigenvalue weighted by Gasteiger charge is 2.10. The molecule has 1 unspecified atom stereocenters. The molecule has 16 heavy (non-hydrogen) atoms. The van der Waals surface area contributed by atoms with Crippen molar-refractivity contribution in [3.8, 4) is 0 Å². The van der Waals surface area contributed by atoms with E-state index >= 15 is 0 Å². The minimum absolute atomic E-state index is 0.750. The summed E-state index contributed by atoms with van der Waals surface area (Å²) < 4.78 is 0. The van der Waals surface area contributed by atoms with Gasteiger partial charge in [-0.1, -0.05) is 39.7 Å². The molecule has 0 radical (unpaired) electrons. The highest BCUT2D eigenvalue weighted by atomic mass is 15.6. The van der Waals surface area contributed by atoms with Gasteiger partial charge in [-0.2, -0.15) is 0 Å². The van der Waals surface area contributed by atoms with Gasteiger partial charge in [0.05, 0.1) is 0 Å². The first-order valence-electron chi connectivity index (χ1n) is 6.70. The normalized spacial score (nSPS) is 14.3. The van der Waals surface area contributed by atoms with Crippen molar-refractivity contribution in [2.24, 2.45) is 5.92 Å². The Labute approximate surface area is 102 Å². The summed E-state index contributed by atoms with van der Waals surface area (Å²) in [4.78, 5) is 0. The molecule has 0 aliphatic carbocycles. The van der Waals surface area contributed by atoms with Crippen molar-refractivity contribution < 1.29 is 0 Å².